The molecule has 11 nitrogen and oxygen atoms in total. The van der Waals surface area contributed by atoms with Crippen molar-refractivity contribution in [2.24, 2.45) is 0 Å². The Bertz CT molecular complexity index is 1580. The number of para-hydroxylation sites is 1. The van der Waals surface area contributed by atoms with E-state index < -0.39 is 16.1 Å². The molecule has 0 aromatic heterocycles. The first-order valence-corrected chi connectivity index (χ1v) is 15.2. The van der Waals surface area contributed by atoms with Crippen molar-refractivity contribution < 1.29 is 28.8 Å². The van der Waals surface area contributed by atoms with Crippen LogP contribution < -0.4 is 14.4 Å². The number of non-ortho nitro benzene ring substituents is 1. The number of thioether (sulfide) groups is 1. The lowest BCUT2D eigenvalue weighted by Crippen LogP contribution is -2.51. The van der Waals surface area contributed by atoms with Gasteiger partial charge in [-0.25, -0.2) is 0 Å². The van der Waals surface area contributed by atoms with Crippen LogP contribution in [0.2, 0.25) is 0 Å². The fraction of sp³-hybridized carbons (Fsp3) is 0.233. The number of nitro benzene ring substituents is 1. The third-order valence-electron chi connectivity index (χ3n) is 7.00. The van der Waals surface area contributed by atoms with Crippen molar-refractivity contribution >= 4 is 68.9 Å². The minimum absolute atomic E-state index is 0.00397. The zero-order valence-corrected chi connectivity index (χ0v) is 26.1. The Hall–Kier alpha value is -4.11. The van der Waals surface area contributed by atoms with Crippen LogP contribution in [0.15, 0.2) is 71.6 Å². The molecule has 0 aliphatic carbocycles. The highest BCUT2D eigenvalue weighted by molar-refractivity contribution is 14.1. The smallest absolute Gasteiger partial charge is 0.294 e. The van der Waals surface area contributed by atoms with Gasteiger partial charge in [0.2, 0.25) is 5.91 Å². The molecule has 5 rings (SSSR count). The van der Waals surface area contributed by atoms with Gasteiger partial charge in [-0.3, -0.25) is 29.4 Å². The standard InChI is InChI=1S/C30H27IN4O7S/c1-41-25-16-21(15-24(31)28(25)42-19-20-7-9-23(10-8-20)35(39)40)17-26-29(37)34(30(38)43-26)18-27(36)33-13-11-32(12-14-33)22-5-3-2-4-6-22/h2-10,15-17H,11-14,18-19H2,1H3/b26-17+. The lowest BCUT2D eigenvalue weighted by molar-refractivity contribution is -0.384. The van der Waals surface area contributed by atoms with Gasteiger partial charge in [-0.1, -0.05) is 18.2 Å². The molecule has 2 aliphatic heterocycles. The predicted octanol–water partition coefficient (Wildman–Crippen LogP) is 5.17. The molecule has 2 aliphatic rings. The molecule has 0 unspecified atom stereocenters. The second-order valence-corrected chi connectivity index (χ2v) is 11.9. The van der Waals surface area contributed by atoms with E-state index in [0.717, 1.165) is 27.9 Å². The Kier molecular flexibility index (Phi) is 9.50. The second kappa shape index (κ2) is 13.5. The summed E-state index contributed by atoms with van der Waals surface area (Å²) in [6.45, 7) is 2.23. The number of halogens is 1. The molecule has 0 radical (unpaired) electrons. The molecule has 3 aromatic carbocycles. The van der Waals surface area contributed by atoms with E-state index in [-0.39, 0.29) is 29.7 Å². The number of methoxy groups -OCH3 is 1. The van der Waals surface area contributed by atoms with Crippen LogP contribution in [0.25, 0.3) is 6.08 Å². The van der Waals surface area contributed by atoms with Crippen molar-refractivity contribution in [3.8, 4) is 11.5 Å². The van der Waals surface area contributed by atoms with Gasteiger partial charge in [-0.2, -0.15) is 0 Å². The van der Waals surface area contributed by atoms with E-state index in [4.69, 9.17) is 9.47 Å². The number of nitrogens with zero attached hydrogens (tertiary/aromatic N) is 4. The largest absolute Gasteiger partial charge is 0.493 e. The number of anilines is 1. The first kappa shape index (κ1) is 30.4. The maximum absolute atomic E-state index is 13.1. The summed E-state index contributed by atoms with van der Waals surface area (Å²) >= 11 is 2.89. The molecule has 0 saturated carbocycles. The van der Waals surface area contributed by atoms with Crippen LogP contribution >= 0.6 is 34.4 Å². The Morgan fingerprint density at radius 3 is 2.40 bits per heavy atom. The molecule has 2 heterocycles. The van der Waals surface area contributed by atoms with Gasteiger partial charge in [0.1, 0.15) is 13.2 Å². The number of carbonyl (C=O) groups excluding carboxylic acids is 3. The van der Waals surface area contributed by atoms with E-state index in [2.05, 4.69) is 27.5 Å². The van der Waals surface area contributed by atoms with Gasteiger partial charge in [0.05, 0.1) is 20.5 Å². The van der Waals surface area contributed by atoms with Gasteiger partial charge in [0.15, 0.2) is 11.5 Å². The fourth-order valence-corrected chi connectivity index (χ4v) is 6.33. The topological polar surface area (TPSA) is 123 Å². The Labute approximate surface area is 265 Å². The van der Waals surface area contributed by atoms with Gasteiger partial charge >= 0.3 is 0 Å². The van der Waals surface area contributed by atoms with Crippen molar-refractivity contribution in [2.45, 2.75) is 6.61 Å². The number of carbonyl (C=O) groups is 3. The SMILES string of the molecule is COc1cc(/C=C2/SC(=O)N(CC(=O)N3CCN(c4ccccc4)CC3)C2=O)cc(I)c1OCc1ccc([N+](=O)[O-])cc1. The number of ether oxygens (including phenoxy) is 2. The van der Waals surface area contributed by atoms with E-state index >= 15 is 0 Å². The molecule has 2 saturated heterocycles. The summed E-state index contributed by atoms with van der Waals surface area (Å²) in [5.41, 5.74) is 2.46. The molecule has 13 heteroatoms. The molecule has 3 aromatic rings. The van der Waals surface area contributed by atoms with Crippen LogP contribution in [0.5, 0.6) is 11.5 Å². The van der Waals surface area contributed by atoms with Crippen LogP contribution in [0, 0.1) is 13.7 Å². The maximum Gasteiger partial charge on any atom is 0.294 e. The Balaban J connectivity index is 1.22. The highest BCUT2D eigenvalue weighted by Gasteiger charge is 2.37. The van der Waals surface area contributed by atoms with Crippen LogP contribution in [-0.4, -0.2) is 71.6 Å². The molecule has 0 bridgehead atoms. The highest BCUT2D eigenvalue weighted by Crippen LogP contribution is 2.38. The van der Waals surface area contributed by atoms with E-state index in [0.29, 0.717) is 46.8 Å². The first-order chi connectivity index (χ1) is 20.7. The zero-order valence-electron chi connectivity index (χ0n) is 23.1. The van der Waals surface area contributed by atoms with Crippen molar-refractivity contribution in [3.63, 3.8) is 0 Å². The number of benzene rings is 3. The molecule has 222 valence electrons. The predicted molar refractivity (Wildman–Crippen MR) is 171 cm³/mol. The van der Waals surface area contributed by atoms with Gasteiger partial charge in [-0.05, 0) is 88.0 Å². The van der Waals surface area contributed by atoms with Gasteiger partial charge < -0.3 is 19.3 Å². The number of nitro groups is 1. The van der Waals surface area contributed by atoms with Crippen LogP contribution in [0.1, 0.15) is 11.1 Å². The van der Waals surface area contributed by atoms with Crippen molar-refractivity contribution in [3.05, 3.63) is 96.4 Å². The quantitative estimate of drug-likeness (QED) is 0.128. The van der Waals surface area contributed by atoms with Crippen LogP contribution in [0.3, 0.4) is 0 Å². The monoisotopic (exact) mass is 714 g/mol. The lowest BCUT2D eigenvalue weighted by atomic mass is 10.1. The molecule has 43 heavy (non-hydrogen) atoms. The molecule has 0 atom stereocenters. The second-order valence-electron chi connectivity index (χ2n) is 9.72. The Morgan fingerprint density at radius 1 is 1.05 bits per heavy atom. The van der Waals surface area contributed by atoms with Gasteiger partial charge in [0.25, 0.3) is 16.8 Å². The molecule has 3 amide bonds. The summed E-state index contributed by atoms with van der Waals surface area (Å²) in [4.78, 5) is 54.4. The number of hydrogen-bond donors (Lipinski definition) is 0. The van der Waals surface area contributed by atoms with Crippen LogP contribution in [-0.2, 0) is 16.2 Å². The average molecular weight is 715 g/mol. The summed E-state index contributed by atoms with van der Waals surface area (Å²) in [6, 6.07) is 19.5. The highest BCUT2D eigenvalue weighted by atomic mass is 127. The van der Waals surface area contributed by atoms with Crippen molar-refractivity contribution in [1.29, 1.82) is 0 Å². The first-order valence-electron chi connectivity index (χ1n) is 13.3. The minimum Gasteiger partial charge on any atom is -0.493 e. The van der Waals surface area contributed by atoms with E-state index in [1.54, 1.807) is 35.2 Å². The minimum atomic E-state index is -0.515. The molecular formula is C30H27IN4O7S. The zero-order chi connectivity index (χ0) is 30.5. The van der Waals surface area contributed by atoms with Crippen molar-refractivity contribution in [1.82, 2.24) is 9.80 Å². The average Bonchev–Trinajstić information content (AvgIpc) is 3.28. The number of piperazine rings is 1. The molecule has 0 spiro atoms. The third-order valence-corrected chi connectivity index (χ3v) is 8.71. The van der Waals surface area contributed by atoms with Crippen molar-refractivity contribution in [2.75, 3.05) is 44.7 Å². The summed E-state index contributed by atoms with van der Waals surface area (Å²) in [5, 5.41) is 10.4. The normalized spacial score (nSPS) is 16.1. The third kappa shape index (κ3) is 7.10. The molecular weight excluding hydrogens is 687 g/mol. The Morgan fingerprint density at radius 2 is 1.74 bits per heavy atom. The van der Waals surface area contributed by atoms with Crippen LogP contribution in [0.4, 0.5) is 16.2 Å². The number of rotatable bonds is 9. The number of hydrogen-bond acceptors (Lipinski definition) is 9. The summed E-state index contributed by atoms with van der Waals surface area (Å²) in [7, 11) is 1.49. The number of amides is 3. The van der Waals surface area contributed by atoms with E-state index in [9.17, 15) is 24.5 Å². The van der Waals surface area contributed by atoms with E-state index in [1.807, 2.05) is 30.3 Å². The van der Waals surface area contributed by atoms with Gasteiger partial charge in [0, 0.05) is 44.0 Å². The summed E-state index contributed by atoms with van der Waals surface area (Å²) in [6.07, 6.45) is 1.60. The summed E-state index contributed by atoms with van der Waals surface area (Å²) < 4.78 is 12.2. The molecule has 2 fully saturated rings. The fourth-order valence-electron chi connectivity index (χ4n) is 4.71. The van der Waals surface area contributed by atoms with Gasteiger partial charge in [-0.15, -0.1) is 0 Å². The number of imide groups is 1. The maximum atomic E-state index is 13.1. The van der Waals surface area contributed by atoms with E-state index in [1.165, 1.54) is 19.2 Å². The summed E-state index contributed by atoms with van der Waals surface area (Å²) in [5.74, 6) is 0.120. The lowest BCUT2D eigenvalue weighted by Gasteiger charge is -2.36. The molecule has 0 N–H and O–H groups in total.